The number of benzene rings is 1. The van der Waals surface area contributed by atoms with E-state index in [1.54, 1.807) is 0 Å². The minimum atomic E-state index is 0. The Morgan fingerprint density at radius 1 is 1.00 bits per heavy atom. The van der Waals surface area contributed by atoms with Gasteiger partial charge in [-0.1, -0.05) is 37.9 Å². The normalized spacial score (nSPS) is 17.2. The lowest BCUT2D eigenvalue weighted by atomic mass is 10.0. The van der Waals surface area contributed by atoms with Crippen LogP contribution in [-0.4, -0.2) is 31.2 Å². The number of nitrogens with zero attached hydrogens (tertiary/aromatic N) is 2. The molecule has 28 heavy (non-hydrogen) atoms. The van der Waals surface area contributed by atoms with Gasteiger partial charge in [-0.3, -0.25) is 4.98 Å². The number of halogens is 1. The molecule has 3 heterocycles. The predicted octanol–water partition coefficient (Wildman–Crippen LogP) is 5.73. The molecule has 2 aromatic rings. The number of aromatic nitrogens is 1. The predicted molar refractivity (Wildman–Crippen MR) is 123 cm³/mol. The molecule has 0 aliphatic carbocycles. The van der Waals surface area contributed by atoms with E-state index in [2.05, 4.69) is 40.7 Å². The van der Waals surface area contributed by atoms with Crippen LogP contribution in [0.4, 0.5) is 5.69 Å². The van der Waals surface area contributed by atoms with Gasteiger partial charge in [0.15, 0.2) is 0 Å². The lowest BCUT2D eigenvalue weighted by Crippen LogP contribution is -2.23. The molecule has 3 nitrogen and oxygen atoms in total. The smallest absolute Gasteiger partial charge is 0.0552 e. The molecule has 1 aromatic carbocycles. The third-order valence-electron chi connectivity index (χ3n) is 5.58. The largest absolute Gasteiger partial charge is 0.370 e. The second kappa shape index (κ2) is 10.5. The van der Waals surface area contributed by atoms with E-state index < -0.39 is 0 Å². The highest BCUT2D eigenvalue weighted by molar-refractivity contribution is 7.98. The third kappa shape index (κ3) is 5.22. The van der Waals surface area contributed by atoms with E-state index in [-0.39, 0.29) is 7.43 Å². The Labute approximate surface area is 179 Å². The molecule has 2 aliphatic heterocycles. The second-order valence-electron chi connectivity index (χ2n) is 7.46. The fraction of sp³-hybridized carbons (Fsp3) is 0.522. The van der Waals surface area contributed by atoms with Crippen LogP contribution in [0.3, 0.4) is 0 Å². The lowest BCUT2D eigenvalue weighted by molar-refractivity contribution is 0.709. The number of hydrogen-bond donors (Lipinski definition) is 1. The number of nitrogens with one attached hydrogen (secondary N) is 1. The minimum Gasteiger partial charge on any atom is -0.370 e. The first-order valence-electron chi connectivity index (χ1n) is 10.1. The maximum Gasteiger partial charge on any atom is 0.0552 e. The van der Waals surface area contributed by atoms with Gasteiger partial charge in [0.05, 0.1) is 22.6 Å². The Bertz CT molecular complexity index is 755. The molecule has 1 fully saturated rings. The maximum atomic E-state index is 6.55. The van der Waals surface area contributed by atoms with Crippen LogP contribution in [-0.2, 0) is 18.6 Å². The van der Waals surface area contributed by atoms with Crippen molar-refractivity contribution in [3.05, 3.63) is 52.3 Å². The molecular weight excluding hydrogens is 386 g/mol. The summed E-state index contributed by atoms with van der Waals surface area (Å²) in [6.45, 7) is 4.41. The molecular formula is C23H32ClN3S. The van der Waals surface area contributed by atoms with Crippen molar-refractivity contribution in [2.24, 2.45) is 0 Å². The molecule has 152 valence electrons. The Hall–Kier alpha value is -1.23. The van der Waals surface area contributed by atoms with E-state index in [0.717, 1.165) is 55.5 Å². The SMILES string of the molecule is C.Clc1ccc2c(c1SCc1ccc(N3CCCCCC3)cn1)CCNCC2. The summed E-state index contributed by atoms with van der Waals surface area (Å²) in [4.78, 5) is 8.47. The number of anilines is 1. The van der Waals surface area contributed by atoms with Crippen molar-refractivity contribution >= 4 is 29.1 Å². The number of hydrogen-bond acceptors (Lipinski definition) is 4. The van der Waals surface area contributed by atoms with Gasteiger partial charge in [-0.2, -0.15) is 0 Å². The first kappa shape index (κ1) is 21.5. The summed E-state index contributed by atoms with van der Waals surface area (Å²) in [5, 5.41) is 4.36. The molecule has 5 heteroatoms. The monoisotopic (exact) mass is 417 g/mol. The fourth-order valence-electron chi connectivity index (χ4n) is 4.03. The first-order valence-corrected chi connectivity index (χ1v) is 11.5. The molecule has 0 unspecified atom stereocenters. The zero-order valence-corrected chi connectivity index (χ0v) is 17.4. The highest BCUT2D eigenvalue weighted by Gasteiger charge is 2.16. The standard InChI is InChI=1S/C22H28ClN3S.CH4/c23-21-8-5-17-9-11-24-12-10-20(17)22(21)27-16-18-6-7-19(15-25-18)26-13-3-1-2-4-14-26;/h5-8,15,24H,1-4,9-14,16H2;1H4. The number of fused-ring (bicyclic) bond motifs is 1. The highest BCUT2D eigenvalue weighted by atomic mass is 35.5. The van der Waals surface area contributed by atoms with Gasteiger partial charge in [0.1, 0.15) is 0 Å². The molecule has 0 bridgehead atoms. The van der Waals surface area contributed by atoms with Gasteiger partial charge in [0, 0.05) is 23.7 Å². The molecule has 4 rings (SSSR count). The number of thioether (sulfide) groups is 1. The van der Waals surface area contributed by atoms with Gasteiger partial charge < -0.3 is 10.2 Å². The van der Waals surface area contributed by atoms with Gasteiger partial charge in [-0.15, -0.1) is 11.8 Å². The van der Waals surface area contributed by atoms with E-state index in [1.165, 1.54) is 47.4 Å². The topological polar surface area (TPSA) is 28.2 Å². The molecule has 1 saturated heterocycles. The van der Waals surface area contributed by atoms with Gasteiger partial charge in [0.2, 0.25) is 0 Å². The Balaban J connectivity index is 0.00000225. The quantitative estimate of drug-likeness (QED) is 0.642. The van der Waals surface area contributed by atoms with Crippen molar-refractivity contribution in [3.8, 4) is 0 Å². The third-order valence-corrected chi connectivity index (χ3v) is 7.20. The summed E-state index contributed by atoms with van der Waals surface area (Å²) < 4.78 is 0. The molecule has 2 aliphatic rings. The fourth-order valence-corrected chi connectivity index (χ4v) is 5.45. The van der Waals surface area contributed by atoms with Crippen molar-refractivity contribution in [3.63, 3.8) is 0 Å². The summed E-state index contributed by atoms with van der Waals surface area (Å²) in [5.74, 6) is 0.865. The summed E-state index contributed by atoms with van der Waals surface area (Å²) in [6, 6.07) is 8.68. The molecule has 1 N–H and O–H groups in total. The average molecular weight is 418 g/mol. The van der Waals surface area contributed by atoms with E-state index >= 15 is 0 Å². The first-order chi connectivity index (χ1) is 13.3. The van der Waals surface area contributed by atoms with Crippen LogP contribution in [0.2, 0.25) is 5.02 Å². The second-order valence-corrected chi connectivity index (χ2v) is 8.85. The van der Waals surface area contributed by atoms with Crippen molar-refractivity contribution in [2.75, 3.05) is 31.1 Å². The van der Waals surface area contributed by atoms with Crippen molar-refractivity contribution in [2.45, 2.75) is 56.6 Å². The number of rotatable bonds is 4. The Morgan fingerprint density at radius 2 is 1.79 bits per heavy atom. The summed E-state index contributed by atoms with van der Waals surface area (Å²) in [5.41, 5.74) is 5.26. The molecule has 0 atom stereocenters. The summed E-state index contributed by atoms with van der Waals surface area (Å²) in [7, 11) is 0. The van der Waals surface area contributed by atoms with E-state index in [0.29, 0.717) is 0 Å². The average Bonchev–Trinajstić information content (AvgIpc) is 3.11. The van der Waals surface area contributed by atoms with E-state index in [9.17, 15) is 0 Å². The lowest BCUT2D eigenvalue weighted by Gasteiger charge is -2.22. The van der Waals surface area contributed by atoms with Gasteiger partial charge in [-0.05, 0) is 68.1 Å². The summed E-state index contributed by atoms with van der Waals surface area (Å²) >= 11 is 8.39. The summed E-state index contributed by atoms with van der Waals surface area (Å²) in [6.07, 6.45) is 9.50. The van der Waals surface area contributed by atoms with Crippen LogP contribution < -0.4 is 10.2 Å². The van der Waals surface area contributed by atoms with Crippen LogP contribution in [0.5, 0.6) is 0 Å². The van der Waals surface area contributed by atoms with Crippen LogP contribution in [0, 0.1) is 0 Å². The van der Waals surface area contributed by atoms with Gasteiger partial charge in [0.25, 0.3) is 0 Å². The molecule has 1 aromatic heterocycles. The zero-order chi connectivity index (χ0) is 18.5. The maximum absolute atomic E-state index is 6.55. The van der Waals surface area contributed by atoms with Gasteiger partial charge in [-0.25, -0.2) is 0 Å². The van der Waals surface area contributed by atoms with Crippen LogP contribution >= 0.6 is 23.4 Å². The minimum absolute atomic E-state index is 0. The Kier molecular flexibility index (Phi) is 8.07. The Morgan fingerprint density at radius 3 is 2.54 bits per heavy atom. The van der Waals surface area contributed by atoms with Gasteiger partial charge >= 0.3 is 0 Å². The van der Waals surface area contributed by atoms with Crippen LogP contribution in [0.15, 0.2) is 35.4 Å². The molecule has 0 spiro atoms. The highest BCUT2D eigenvalue weighted by Crippen LogP contribution is 2.36. The van der Waals surface area contributed by atoms with Crippen LogP contribution in [0.1, 0.15) is 49.9 Å². The van der Waals surface area contributed by atoms with E-state index in [4.69, 9.17) is 16.6 Å². The number of pyridine rings is 1. The van der Waals surface area contributed by atoms with Crippen LogP contribution in [0.25, 0.3) is 0 Å². The van der Waals surface area contributed by atoms with E-state index in [1.807, 2.05) is 11.8 Å². The van der Waals surface area contributed by atoms with Crippen molar-refractivity contribution in [1.29, 1.82) is 0 Å². The van der Waals surface area contributed by atoms with Crippen molar-refractivity contribution in [1.82, 2.24) is 10.3 Å². The van der Waals surface area contributed by atoms with Crippen molar-refractivity contribution < 1.29 is 0 Å². The molecule has 0 amide bonds. The molecule has 0 saturated carbocycles. The zero-order valence-electron chi connectivity index (χ0n) is 15.8. The molecule has 0 radical (unpaired) electrons.